The van der Waals surface area contributed by atoms with Crippen LogP contribution in [0.5, 0.6) is 5.75 Å². The fourth-order valence-electron chi connectivity index (χ4n) is 2.13. The van der Waals surface area contributed by atoms with Gasteiger partial charge in [-0.1, -0.05) is 0 Å². The topological polar surface area (TPSA) is 73.9 Å². The molecule has 0 fully saturated rings. The third-order valence-electron chi connectivity index (χ3n) is 3.10. The Morgan fingerprint density at radius 1 is 1.16 bits per heavy atom. The fraction of sp³-hybridized carbons (Fsp3) is 0.214. The Balaban J connectivity index is 2.34. The number of hydrogen-bond acceptors (Lipinski definition) is 5. The number of ether oxygens (including phenoxy) is 1. The lowest BCUT2D eigenvalue weighted by Gasteiger charge is -2.07. The predicted molar refractivity (Wildman–Crippen MR) is 74.0 cm³/mol. The van der Waals surface area contributed by atoms with E-state index in [0.29, 0.717) is 18.0 Å². The zero-order valence-electron chi connectivity index (χ0n) is 10.8. The average molecular weight is 254 g/mol. The van der Waals surface area contributed by atoms with Crippen LogP contribution in [0.3, 0.4) is 0 Å². The van der Waals surface area contributed by atoms with Gasteiger partial charge in [0.05, 0.1) is 19.2 Å². The van der Waals surface area contributed by atoms with Crippen LogP contribution >= 0.6 is 0 Å². The van der Waals surface area contributed by atoms with Crippen LogP contribution < -0.4 is 10.5 Å². The van der Waals surface area contributed by atoms with Crippen LogP contribution in [-0.2, 0) is 6.54 Å². The minimum Gasteiger partial charge on any atom is -0.497 e. The molecule has 2 N–H and O–H groups in total. The number of rotatable bonds is 2. The van der Waals surface area contributed by atoms with Crippen molar-refractivity contribution in [3.63, 3.8) is 0 Å². The number of nitrogens with zero attached hydrogens (tertiary/aromatic N) is 3. The van der Waals surface area contributed by atoms with E-state index < -0.39 is 0 Å². The predicted octanol–water partition coefficient (Wildman–Crippen LogP) is 1.95. The van der Waals surface area contributed by atoms with Gasteiger partial charge in [-0.3, -0.25) is 0 Å². The van der Waals surface area contributed by atoms with Crippen LogP contribution in [0.2, 0.25) is 0 Å². The summed E-state index contributed by atoms with van der Waals surface area (Å²) in [6, 6.07) is 5.95. The molecule has 0 spiro atoms. The molecule has 0 saturated carbocycles. The zero-order chi connectivity index (χ0) is 13.4. The maximum atomic E-state index is 5.55. The van der Waals surface area contributed by atoms with Crippen molar-refractivity contribution >= 4 is 21.9 Å². The number of aryl methyl sites for hydroxylation is 1. The standard InChI is InChI=1S/C14H14N4O/c1-8-3-11(19-2)5-9-4-10-7-16-12(6-15)17-14(10)18-13(8)9/h3-5,7H,6,15H2,1-2H3. The van der Waals surface area contributed by atoms with E-state index in [1.807, 2.05) is 25.1 Å². The van der Waals surface area contributed by atoms with Gasteiger partial charge in [0.25, 0.3) is 0 Å². The molecule has 0 radical (unpaired) electrons. The SMILES string of the molecule is COc1cc(C)c2nc3nc(CN)ncc3cc2c1. The van der Waals surface area contributed by atoms with Gasteiger partial charge in [0.15, 0.2) is 5.65 Å². The van der Waals surface area contributed by atoms with Gasteiger partial charge in [-0.25, -0.2) is 15.0 Å². The molecule has 0 aliphatic carbocycles. The lowest BCUT2D eigenvalue weighted by molar-refractivity contribution is 0.415. The lowest BCUT2D eigenvalue weighted by Crippen LogP contribution is -2.03. The van der Waals surface area contributed by atoms with E-state index in [4.69, 9.17) is 10.5 Å². The summed E-state index contributed by atoms with van der Waals surface area (Å²) < 4.78 is 5.28. The second-order valence-corrected chi connectivity index (χ2v) is 4.41. The first-order chi connectivity index (χ1) is 9.21. The molecule has 2 heterocycles. The van der Waals surface area contributed by atoms with Gasteiger partial charge in [-0.05, 0) is 30.7 Å². The van der Waals surface area contributed by atoms with E-state index in [-0.39, 0.29) is 0 Å². The van der Waals surface area contributed by atoms with E-state index in [1.165, 1.54) is 0 Å². The molecule has 0 saturated heterocycles. The summed E-state index contributed by atoms with van der Waals surface area (Å²) in [5, 5.41) is 1.92. The van der Waals surface area contributed by atoms with Crippen LogP contribution in [0.1, 0.15) is 11.4 Å². The number of aromatic nitrogens is 3. The first-order valence-electron chi connectivity index (χ1n) is 6.02. The normalized spacial score (nSPS) is 11.1. The third kappa shape index (κ3) is 1.98. The summed E-state index contributed by atoms with van der Waals surface area (Å²) in [5.41, 5.74) is 8.21. The molecule has 1 aromatic carbocycles. The molecule has 5 nitrogen and oxygen atoms in total. The van der Waals surface area contributed by atoms with Gasteiger partial charge < -0.3 is 10.5 Å². The number of nitrogens with two attached hydrogens (primary N) is 1. The fourth-order valence-corrected chi connectivity index (χ4v) is 2.13. The average Bonchev–Trinajstić information content (AvgIpc) is 2.44. The maximum Gasteiger partial charge on any atom is 0.163 e. The molecule has 3 rings (SSSR count). The van der Waals surface area contributed by atoms with Gasteiger partial charge in [0.1, 0.15) is 11.6 Å². The number of benzene rings is 1. The van der Waals surface area contributed by atoms with Crippen molar-refractivity contribution in [1.29, 1.82) is 0 Å². The highest BCUT2D eigenvalue weighted by Gasteiger charge is 2.07. The van der Waals surface area contributed by atoms with Gasteiger partial charge in [-0.15, -0.1) is 0 Å². The molecule has 3 aromatic rings. The van der Waals surface area contributed by atoms with Crippen molar-refractivity contribution in [2.45, 2.75) is 13.5 Å². The van der Waals surface area contributed by atoms with Crippen LogP contribution in [0, 0.1) is 6.92 Å². The second-order valence-electron chi connectivity index (χ2n) is 4.41. The molecule has 96 valence electrons. The maximum absolute atomic E-state index is 5.55. The summed E-state index contributed by atoms with van der Waals surface area (Å²) in [6.07, 6.45) is 1.76. The Morgan fingerprint density at radius 3 is 2.74 bits per heavy atom. The van der Waals surface area contributed by atoms with Gasteiger partial charge in [0.2, 0.25) is 0 Å². The number of pyridine rings is 1. The number of fused-ring (bicyclic) bond motifs is 2. The highest BCUT2D eigenvalue weighted by Crippen LogP contribution is 2.25. The van der Waals surface area contributed by atoms with Crippen LogP contribution in [0.15, 0.2) is 24.4 Å². The molecule has 5 heteroatoms. The van der Waals surface area contributed by atoms with Gasteiger partial charge in [-0.2, -0.15) is 0 Å². The molecule has 0 aliphatic heterocycles. The lowest BCUT2D eigenvalue weighted by atomic mass is 10.1. The molecule has 0 aliphatic rings. The van der Waals surface area contributed by atoms with Crippen molar-refractivity contribution in [1.82, 2.24) is 15.0 Å². The minimum absolute atomic E-state index is 0.317. The monoisotopic (exact) mass is 254 g/mol. The van der Waals surface area contributed by atoms with E-state index >= 15 is 0 Å². The van der Waals surface area contributed by atoms with Crippen molar-refractivity contribution in [3.05, 3.63) is 35.8 Å². The smallest absolute Gasteiger partial charge is 0.163 e. The van der Waals surface area contributed by atoms with Gasteiger partial charge in [0, 0.05) is 17.0 Å². The highest BCUT2D eigenvalue weighted by molar-refractivity contribution is 5.93. The largest absolute Gasteiger partial charge is 0.497 e. The summed E-state index contributed by atoms with van der Waals surface area (Å²) in [4.78, 5) is 13.1. The summed E-state index contributed by atoms with van der Waals surface area (Å²) >= 11 is 0. The second kappa shape index (κ2) is 4.44. The summed E-state index contributed by atoms with van der Waals surface area (Å²) in [7, 11) is 1.66. The zero-order valence-corrected chi connectivity index (χ0v) is 10.8. The molecule has 0 amide bonds. The highest BCUT2D eigenvalue weighted by atomic mass is 16.5. The Labute approximate surface area is 110 Å². The van der Waals surface area contributed by atoms with Crippen molar-refractivity contribution in [3.8, 4) is 5.75 Å². The summed E-state index contributed by atoms with van der Waals surface area (Å²) in [6.45, 7) is 2.33. The van der Waals surface area contributed by atoms with E-state index in [1.54, 1.807) is 13.3 Å². The Hall–Kier alpha value is -2.27. The van der Waals surface area contributed by atoms with E-state index in [0.717, 1.165) is 27.6 Å². The third-order valence-corrected chi connectivity index (χ3v) is 3.10. The molecular weight excluding hydrogens is 240 g/mol. The molecule has 0 atom stereocenters. The van der Waals surface area contributed by atoms with Gasteiger partial charge >= 0.3 is 0 Å². The van der Waals surface area contributed by atoms with E-state index in [2.05, 4.69) is 15.0 Å². The Morgan fingerprint density at radius 2 is 2.00 bits per heavy atom. The van der Waals surface area contributed by atoms with Crippen LogP contribution in [0.25, 0.3) is 21.9 Å². The van der Waals surface area contributed by atoms with Crippen LogP contribution in [-0.4, -0.2) is 22.1 Å². The van der Waals surface area contributed by atoms with Crippen molar-refractivity contribution in [2.24, 2.45) is 5.73 Å². The number of methoxy groups -OCH3 is 1. The van der Waals surface area contributed by atoms with Crippen molar-refractivity contribution < 1.29 is 4.74 Å². The summed E-state index contributed by atoms with van der Waals surface area (Å²) in [5.74, 6) is 1.43. The molecule has 2 aromatic heterocycles. The minimum atomic E-state index is 0.317. The Bertz CT molecular complexity index is 770. The number of hydrogen-bond donors (Lipinski definition) is 1. The molecule has 0 bridgehead atoms. The van der Waals surface area contributed by atoms with E-state index in [9.17, 15) is 0 Å². The quantitative estimate of drug-likeness (QED) is 0.707. The Kier molecular flexibility index (Phi) is 2.76. The van der Waals surface area contributed by atoms with Crippen LogP contribution in [0.4, 0.5) is 0 Å². The molecular formula is C14H14N4O. The first-order valence-corrected chi connectivity index (χ1v) is 6.02. The first kappa shape index (κ1) is 11.8. The van der Waals surface area contributed by atoms with Crippen molar-refractivity contribution in [2.75, 3.05) is 7.11 Å². The molecule has 19 heavy (non-hydrogen) atoms. The molecule has 0 unspecified atom stereocenters.